The third-order valence-electron chi connectivity index (χ3n) is 10.7. The van der Waals surface area contributed by atoms with Crippen molar-refractivity contribution in [2.24, 2.45) is 5.92 Å². The molecule has 316 valence electrons. The summed E-state index contributed by atoms with van der Waals surface area (Å²) in [5.74, 6) is 0.0159. The van der Waals surface area contributed by atoms with E-state index >= 15 is 0 Å². The Morgan fingerprint density at radius 2 is 0.830 bits per heavy atom. The fraction of sp³-hybridized carbons (Fsp3) is 0.955. The minimum atomic E-state index is -4.75. The summed E-state index contributed by atoms with van der Waals surface area (Å²) < 4.78 is 26.5. The highest BCUT2D eigenvalue weighted by atomic mass is 31.2. The van der Waals surface area contributed by atoms with E-state index in [-0.39, 0.29) is 19.4 Å². The molecular formula is C44H87O8P. The normalized spacial score (nSPS) is 12.9. The Morgan fingerprint density at radius 1 is 0.491 bits per heavy atom. The summed E-state index contributed by atoms with van der Waals surface area (Å²) in [5.41, 5.74) is 0. The lowest BCUT2D eigenvalue weighted by molar-refractivity contribution is -0.161. The van der Waals surface area contributed by atoms with Gasteiger partial charge >= 0.3 is 19.8 Å². The van der Waals surface area contributed by atoms with E-state index in [0.717, 1.165) is 38.0 Å². The summed E-state index contributed by atoms with van der Waals surface area (Å²) in [6, 6.07) is 0. The molecule has 0 saturated heterocycles. The Balaban J connectivity index is 3.83. The van der Waals surface area contributed by atoms with Crippen molar-refractivity contribution < 1.29 is 37.9 Å². The molecule has 0 aromatic rings. The number of carbonyl (C=O) groups excluding carboxylic acids is 2. The SMILES string of the molecule is CCCCCCCCCCCCCCCCCCCC(=O)OC[C@H](COP(=O)(O)O)OC(=O)CCCCCCCCCCCCCCCCC(C)CC. The van der Waals surface area contributed by atoms with Gasteiger partial charge in [-0.2, -0.15) is 0 Å². The Kier molecular flexibility index (Phi) is 38.6. The van der Waals surface area contributed by atoms with Crippen LogP contribution in [0.5, 0.6) is 0 Å². The number of esters is 2. The zero-order valence-corrected chi connectivity index (χ0v) is 36.0. The number of unbranched alkanes of at least 4 members (excludes halogenated alkanes) is 29. The van der Waals surface area contributed by atoms with Gasteiger partial charge in [-0.25, -0.2) is 4.57 Å². The van der Waals surface area contributed by atoms with Crippen molar-refractivity contribution in [2.45, 2.75) is 252 Å². The van der Waals surface area contributed by atoms with Crippen molar-refractivity contribution in [3.8, 4) is 0 Å². The second kappa shape index (κ2) is 39.3. The first kappa shape index (κ1) is 52.0. The van der Waals surface area contributed by atoms with Crippen molar-refractivity contribution in [1.82, 2.24) is 0 Å². The van der Waals surface area contributed by atoms with Crippen molar-refractivity contribution in [2.75, 3.05) is 13.2 Å². The smallest absolute Gasteiger partial charge is 0.462 e. The van der Waals surface area contributed by atoms with Gasteiger partial charge in [0.15, 0.2) is 6.10 Å². The van der Waals surface area contributed by atoms with E-state index in [1.165, 1.54) is 173 Å². The van der Waals surface area contributed by atoms with Gasteiger partial charge in [0.25, 0.3) is 0 Å². The molecule has 0 amide bonds. The predicted molar refractivity (Wildman–Crippen MR) is 221 cm³/mol. The van der Waals surface area contributed by atoms with Crippen LogP contribution in [0.15, 0.2) is 0 Å². The van der Waals surface area contributed by atoms with Crippen LogP contribution in [0.25, 0.3) is 0 Å². The minimum absolute atomic E-state index is 0.219. The van der Waals surface area contributed by atoms with E-state index in [1.807, 2.05) is 0 Å². The highest BCUT2D eigenvalue weighted by Gasteiger charge is 2.23. The highest BCUT2D eigenvalue weighted by molar-refractivity contribution is 7.46. The minimum Gasteiger partial charge on any atom is -0.462 e. The van der Waals surface area contributed by atoms with Gasteiger partial charge in [-0.3, -0.25) is 14.1 Å². The van der Waals surface area contributed by atoms with E-state index < -0.39 is 32.5 Å². The summed E-state index contributed by atoms with van der Waals surface area (Å²) in [6.45, 7) is 6.10. The monoisotopic (exact) mass is 775 g/mol. The van der Waals surface area contributed by atoms with Crippen molar-refractivity contribution in [3.05, 3.63) is 0 Å². The zero-order valence-electron chi connectivity index (χ0n) is 35.1. The fourth-order valence-corrected chi connectivity index (χ4v) is 7.24. The number of hydrogen-bond donors (Lipinski definition) is 2. The van der Waals surface area contributed by atoms with Crippen molar-refractivity contribution >= 4 is 19.8 Å². The summed E-state index contributed by atoms with van der Waals surface area (Å²) >= 11 is 0. The first-order valence-electron chi connectivity index (χ1n) is 22.7. The lowest BCUT2D eigenvalue weighted by Gasteiger charge is -2.18. The third-order valence-corrected chi connectivity index (χ3v) is 11.2. The standard InChI is InChI=1S/C44H87O8P/c1-4-6-7-8-9-10-11-12-13-14-15-19-22-25-28-31-34-37-43(45)50-39-42(40-51-53(47,48)49)52-44(46)38-35-32-29-26-23-20-17-16-18-21-24-27-30-33-36-41(3)5-2/h41-42H,4-40H2,1-3H3,(H2,47,48,49)/t41?,42-/m1/s1. The van der Waals surface area contributed by atoms with E-state index in [4.69, 9.17) is 19.3 Å². The number of rotatable bonds is 42. The van der Waals surface area contributed by atoms with Crippen LogP contribution in [0.2, 0.25) is 0 Å². The van der Waals surface area contributed by atoms with Crippen LogP contribution in [0.1, 0.15) is 245 Å². The van der Waals surface area contributed by atoms with Crippen LogP contribution in [0.4, 0.5) is 0 Å². The number of ether oxygens (including phenoxy) is 2. The predicted octanol–water partition coefficient (Wildman–Crippen LogP) is 13.9. The molecule has 0 saturated carbocycles. The third kappa shape index (κ3) is 42.0. The van der Waals surface area contributed by atoms with Gasteiger partial charge in [-0.15, -0.1) is 0 Å². The highest BCUT2D eigenvalue weighted by Crippen LogP contribution is 2.36. The van der Waals surface area contributed by atoms with Gasteiger partial charge < -0.3 is 19.3 Å². The van der Waals surface area contributed by atoms with Gasteiger partial charge in [0.1, 0.15) is 6.61 Å². The Bertz CT molecular complexity index is 847. The lowest BCUT2D eigenvalue weighted by atomic mass is 9.99. The van der Waals surface area contributed by atoms with Gasteiger partial charge in [-0.05, 0) is 18.8 Å². The molecule has 0 aliphatic carbocycles. The molecule has 2 atom stereocenters. The largest absolute Gasteiger partial charge is 0.469 e. The molecule has 0 aromatic carbocycles. The first-order valence-corrected chi connectivity index (χ1v) is 24.3. The molecule has 0 fully saturated rings. The van der Waals surface area contributed by atoms with Crippen LogP contribution in [-0.2, 0) is 28.2 Å². The van der Waals surface area contributed by atoms with Crippen LogP contribution >= 0.6 is 7.82 Å². The molecule has 0 rings (SSSR count). The average Bonchev–Trinajstić information content (AvgIpc) is 3.13. The summed E-state index contributed by atoms with van der Waals surface area (Å²) in [5, 5.41) is 0. The molecular weight excluding hydrogens is 687 g/mol. The van der Waals surface area contributed by atoms with E-state index in [9.17, 15) is 14.2 Å². The molecule has 0 aliphatic rings. The molecule has 0 aliphatic heterocycles. The molecule has 0 radical (unpaired) electrons. The van der Waals surface area contributed by atoms with Crippen LogP contribution in [0.3, 0.4) is 0 Å². The maximum absolute atomic E-state index is 12.4. The number of phosphoric acid groups is 1. The van der Waals surface area contributed by atoms with Gasteiger partial charge in [0.05, 0.1) is 6.61 Å². The Hall–Kier alpha value is -0.950. The molecule has 0 spiro atoms. The summed E-state index contributed by atoms with van der Waals surface area (Å²) in [4.78, 5) is 42.9. The number of carbonyl (C=O) groups is 2. The quantitative estimate of drug-likeness (QED) is 0.0357. The zero-order chi connectivity index (χ0) is 39.1. The molecule has 1 unspecified atom stereocenters. The van der Waals surface area contributed by atoms with Gasteiger partial charge in [0, 0.05) is 12.8 Å². The maximum atomic E-state index is 12.4. The number of phosphoric ester groups is 1. The second-order valence-electron chi connectivity index (χ2n) is 16.0. The second-order valence-corrected chi connectivity index (χ2v) is 17.2. The van der Waals surface area contributed by atoms with Crippen molar-refractivity contribution in [1.29, 1.82) is 0 Å². The van der Waals surface area contributed by atoms with Gasteiger partial charge in [0.2, 0.25) is 0 Å². The van der Waals surface area contributed by atoms with Crippen LogP contribution in [-0.4, -0.2) is 41.0 Å². The van der Waals surface area contributed by atoms with Crippen LogP contribution in [0, 0.1) is 5.92 Å². The molecule has 0 heterocycles. The fourth-order valence-electron chi connectivity index (χ4n) is 6.88. The summed E-state index contributed by atoms with van der Waals surface area (Å²) in [6.07, 6.45) is 41.0. The number of hydrogen-bond acceptors (Lipinski definition) is 6. The molecule has 2 N–H and O–H groups in total. The molecule has 8 nitrogen and oxygen atoms in total. The summed E-state index contributed by atoms with van der Waals surface area (Å²) in [7, 11) is -4.75. The van der Waals surface area contributed by atoms with E-state index in [0.29, 0.717) is 6.42 Å². The first-order chi connectivity index (χ1) is 25.7. The topological polar surface area (TPSA) is 119 Å². The average molecular weight is 775 g/mol. The Labute approximate surface area is 327 Å². The maximum Gasteiger partial charge on any atom is 0.469 e. The lowest BCUT2D eigenvalue weighted by Crippen LogP contribution is -2.29. The molecule has 53 heavy (non-hydrogen) atoms. The molecule has 0 aromatic heterocycles. The van der Waals surface area contributed by atoms with Gasteiger partial charge in [-0.1, -0.05) is 220 Å². The van der Waals surface area contributed by atoms with Crippen LogP contribution < -0.4 is 0 Å². The van der Waals surface area contributed by atoms with E-state index in [2.05, 4.69) is 25.3 Å². The molecule has 0 bridgehead atoms. The Morgan fingerprint density at radius 3 is 1.19 bits per heavy atom. The van der Waals surface area contributed by atoms with Crippen molar-refractivity contribution in [3.63, 3.8) is 0 Å². The molecule has 9 heteroatoms. The van der Waals surface area contributed by atoms with E-state index in [1.54, 1.807) is 0 Å².